The molecule has 0 spiro atoms. The maximum absolute atomic E-state index is 12.1. The number of aromatic nitrogens is 2. The van der Waals surface area contributed by atoms with Crippen LogP contribution in [0.1, 0.15) is 38.4 Å². The summed E-state index contributed by atoms with van der Waals surface area (Å²) in [7, 11) is 0. The summed E-state index contributed by atoms with van der Waals surface area (Å²) in [6.07, 6.45) is 5.96. The van der Waals surface area contributed by atoms with Crippen LogP contribution in [0, 0.1) is 0 Å². The summed E-state index contributed by atoms with van der Waals surface area (Å²) in [5, 5.41) is 3.44. The van der Waals surface area contributed by atoms with Crippen molar-refractivity contribution in [1.29, 1.82) is 0 Å². The average Bonchev–Trinajstić information content (AvgIpc) is 3.00. The number of nitrogens with zero attached hydrogens (tertiary/aromatic N) is 3. The Morgan fingerprint density at radius 1 is 1.56 bits per heavy atom. The Balaban J connectivity index is 2.05. The van der Waals surface area contributed by atoms with Gasteiger partial charge in [0.05, 0.1) is 12.0 Å². The highest BCUT2D eigenvalue weighted by molar-refractivity contribution is 5.76. The number of amides is 1. The lowest BCUT2D eigenvalue weighted by Crippen LogP contribution is -2.34. The van der Waals surface area contributed by atoms with Crippen molar-refractivity contribution in [2.75, 3.05) is 19.6 Å². The van der Waals surface area contributed by atoms with Gasteiger partial charge in [0.25, 0.3) is 0 Å². The van der Waals surface area contributed by atoms with Gasteiger partial charge in [0.1, 0.15) is 6.54 Å². The van der Waals surface area contributed by atoms with E-state index < -0.39 is 0 Å². The highest BCUT2D eigenvalue weighted by Gasteiger charge is 2.21. The molecule has 1 aromatic heterocycles. The molecule has 0 aliphatic carbocycles. The lowest BCUT2D eigenvalue weighted by atomic mass is 10.2. The minimum absolute atomic E-state index is 0.164. The van der Waals surface area contributed by atoms with Crippen molar-refractivity contribution in [3.8, 4) is 0 Å². The van der Waals surface area contributed by atoms with E-state index in [-0.39, 0.29) is 5.91 Å². The van der Waals surface area contributed by atoms with Crippen molar-refractivity contribution in [3.63, 3.8) is 0 Å². The van der Waals surface area contributed by atoms with Crippen LogP contribution in [-0.4, -0.2) is 40.0 Å². The SMILES string of the molecule is CCN(CC)C(=O)Cn1cncc1[C@@H]1CCCN1. The van der Waals surface area contributed by atoms with E-state index in [9.17, 15) is 4.79 Å². The van der Waals surface area contributed by atoms with E-state index in [0.717, 1.165) is 31.7 Å². The van der Waals surface area contributed by atoms with Gasteiger partial charge in [-0.2, -0.15) is 0 Å². The molecule has 0 saturated carbocycles. The highest BCUT2D eigenvalue weighted by Crippen LogP contribution is 2.22. The topological polar surface area (TPSA) is 50.2 Å². The maximum Gasteiger partial charge on any atom is 0.242 e. The molecule has 100 valence electrons. The Bertz CT molecular complexity index is 391. The molecule has 18 heavy (non-hydrogen) atoms. The summed E-state index contributed by atoms with van der Waals surface area (Å²) in [4.78, 5) is 18.1. The van der Waals surface area contributed by atoms with E-state index in [0.29, 0.717) is 12.6 Å². The van der Waals surface area contributed by atoms with Crippen LogP contribution < -0.4 is 5.32 Å². The third-order valence-electron chi connectivity index (χ3n) is 3.58. The Hall–Kier alpha value is -1.36. The number of likely N-dealkylation sites (N-methyl/N-ethyl adjacent to an activating group) is 1. The van der Waals surface area contributed by atoms with Crippen molar-refractivity contribution in [1.82, 2.24) is 19.8 Å². The van der Waals surface area contributed by atoms with E-state index >= 15 is 0 Å². The van der Waals surface area contributed by atoms with Gasteiger partial charge in [0, 0.05) is 25.3 Å². The van der Waals surface area contributed by atoms with Crippen molar-refractivity contribution >= 4 is 5.91 Å². The highest BCUT2D eigenvalue weighted by atomic mass is 16.2. The first-order valence-electron chi connectivity index (χ1n) is 6.77. The van der Waals surface area contributed by atoms with Gasteiger partial charge in [-0.25, -0.2) is 4.98 Å². The Morgan fingerprint density at radius 3 is 2.94 bits per heavy atom. The largest absolute Gasteiger partial charge is 0.342 e. The molecule has 0 aromatic carbocycles. The molecule has 1 aliphatic rings. The molecular formula is C13H22N4O. The smallest absolute Gasteiger partial charge is 0.242 e. The number of carbonyl (C=O) groups excluding carboxylic acids is 1. The van der Waals surface area contributed by atoms with Crippen molar-refractivity contribution in [2.24, 2.45) is 0 Å². The minimum Gasteiger partial charge on any atom is -0.342 e. The fraction of sp³-hybridized carbons (Fsp3) is 0.692. The average molecular weight is 250 g/mol. The van der Waals surface area contributed by atoms with E-state index in [1.807, 2.05) is 29.5 Å². The van der Waals surface area contributed by atoms with Crippen LogP contribution in [0.2, 0.25) is 0 Å². The molecule has 0 unspecified atom stereocenters. The number of hydrogen-bond acceptors (Lipinski definition) is 3. The summed E-state index contributed by atoms with van der Waals surface area (Å²) >= 11 is 0. The molecule has 1 amide bonds. The Kier molecular flexibility index (Phi) is 4.36. The molecule has 2 heterocycles. The van der Waals surface area contributed by atoms with Gasteiger partial charge in [-0.05, 0) is 33.2 Å². The van der Waals surface area contributed by atoms with E-state index in [2.05, 4.69) is 10.3 Å². The van der Waals surface area contributed by atoms with Crippen LogP contribution in [0.3, 0.4) is 0 Å². The van der Waals surface area contributed by atoms with Crippen LogP contribution >= 0.6 is 0 Å². The maximum atomic E-state index is 12.1. The van der Waals surface area contributed by atoms with Crippen molar-refractivity contribution in [3.05, 3.63) is 18.2 Å². The van der Waals surface area contributed by atoms with E-state index in [1.165, 1.54) is 6.42 Å². The molecule has 5 nitrogen and oxygen atoms in total. The van der Waals surface area contributed by atoms with Gasteiger partial charge in [-0.1, -0.05) is 0 Å². The fourth-order valence-electron chi connectivity index (χ4n) is 2.51. The second-order valence-electron chi connectivity index (χ2n) is 4.66. The number of rotatable bonds is 5. The van der Waals surface area contributed by atoms with Crippen LogP contribution in [0.4, 0.5) is 0 Å². The van der Waals surface area contributed by atoms with Gasteiger partial charge in [-0.15, -0.1) is 0 Å². The summed E-state index contributed by atoms with van der Waals surface area (Å²) in [5.41, 5.74) is 1.13. The molecule has 0 radical (unpaired) electrons. The first-order chi connectivity index (χ1) is 8.76. The van der Waals surface area contributed by atoms with Crippen molar-refractivity contribution in [2.45, 2.75) is 39.3 Å². The van der Waals surface area contributed by atoms with Gasteiger partial charge >= 0.3 is 0 Å². The van der Waals surface area contributed by atoms with Gasteiger partial charge in [0.15, 0.2) is 0 Å². The Morgan fingerprint density at radius 2 is 2.33 bits per heavy atom. The molecule has 1 N–H and O–H groups in total. The van der Waals surface area contributed by atoms with Gasteiger partial charge in [0.2, 0.25) is 5.91 Å². The molecule has 0 bridgehead atoms. The van der Waals surface area contributed by atoms with Gasteiger partial charge < -0.3 is 14.8 Å². The van der Waals surface area contributed by atoms with Gasteiger partial charge in [-0.3, -0.25) is 4.79 Å². The molecule has 1 aliphatic heterocycles. The lowest BCUT2D eigenvalue weighted by Gasteiger charge is -2.20. The molecule has 1 saturated heterocycles. The number of carbonyl (C=O) groups is 1. The second-order valence-corrected chi connectivity index (χ2v) is 4.66. The third kappa shape index (κ3) is 2.72. The zero-order chi connectivity index (χ0) is 13.0. The summed E-state index contributed by atoms with van der Waals surface area (Å²) in [6.45, 7) is 7.00. The Labute approximate surface area is 108 Å². The van der Waals surface area contributed by atoms with Crippen molar-refractivity contribution < 1.29 is 4.79 Å². The monoisotopic (exact) mass is 250 g/mol. The first kappa shape index (κ1) is 13.1. The van der Waals surface area contributed by atoms with E-state index in [4.69, 9.17) is 0 Å². The third-order valence-corrected chi connectivity index (χ3v) is 3.58. The molecule has 1 atom stereocenters. The quantitative estimate of drug-likeness (QED) is 0.853. The predicted octanol–water partition coefficient (Wildman–Crippen LogP) is 1.18. The molecule has 1 fully saturated rings. The standard InChI is InChI=1S/C13H22N4O/c1-3-16(4-2)13(18)9-17-10-14-8-12(17)11-6-5-7-15-11/h8,10-11,15H,3-7,9H2,1-2H3/t11-/m0/s1. The van der Waals surface area contributed by atoms with E-state index in [1.54, 1.807) is 6.33 Å². The molecule has 1 aromatic rings. The number of imidazole rings is 1. The lowest BCUT2D eigenvalue weighted by molar-refractivity contribution is -0.131. The summed E-state index contributed by atoms with van der Waals surface area (Å²) in [5.74, 6) is 0.164. The summed E-state index contributed by atoms with van der Waals surface area (Å²) < 4.78 is 1.98. The second kappa shape index (κ2) is 6.00. The molecule has 5 heteroatoms. The summed E-state index contributed by atoms with van der Waals surface area (Å²) in [6, 6.07) is 0.358. The zero-order valence-corrected chi connectivity index (χ0v) is 11.2. The zero-order valence-electron chi connectivity index (χ0n) is 11.2. The fourth-order valence-corrected chi connectivity index (χ4v) is 2.51. The number of nitrogens with one attached hydrogen (secondary N) is 1. The minimum atomic E-state index is 0.164. The normalized spacial score (nSPS) is 19.1. The number of hydrogen-bond donors (Lipinski definition) is 1. The molecule has 2 rings (SSSR count). The predicted molar refractivity (Wildman–Crippen MR) is 70.1 cm³/mol. The first-order valence-corrected chi connectivity index (χ1v) is 6.77. The van der Waals surface area contributed by atoms with Crippen LogP contribution in [-0.2, 0) is 11.3 Å². The van der Waals surface area contributed by atoms with Crippen LogP contribution in [0.5, 0.6) is 0 Å². The van der Waals surface area contributed by atoms with Crippen LogP contribution in [0.15, 0.2) is 12.5 Å². The molecular weight excluding hydrogens is 228 g/mol. The van der Waals surface area contributed by atoms with Crippen LogP contribution in [0.25, 0.3) is 0 Å².